The lowest BCUT2D eigenvalue weighted by atomic mass is 10.1. The average Bonchev–Trinajstić information content (AvgIpc) is 2.78. The SMILES string of the molecule is CN1C(=O)CN(Cc2ccco2)CC1CCN. The summed E-state index contributed by atoms with van der Waals surface area (Å²) in [5.74, 6) is 1.05. The minimum atomic E-state index is 0.154. The van der Waals surface area contributed by atoms with Crippen molar-refractivity contribution in [3.63, 3.8) is 0 Å². The molecule has 2 rings (SSSR count). The molecule has 0 radical (unpaired) electrons. The maximum Gasteiger partial charge on any atom is 0.236 e. The Morgan fingerprint density at radius 1 is 1.59 bits per heavy atom. The molecule has 1 unspecified atom stereocenters. The van der Waals surface area contributed by atoms with Crippen LogP contribution in [0.2, 0.25) is 0 Å². The van der Waals surface area contributed by atoms with Crippen molar-refractivity contribution in [2.75, 3.05) is 26.7 Å². The van der Waals surface area contributed by atoms with Gasteiger partial charge in [-0.25, -0.2) is 0 Å². The number of nitrogens with zero attached hydrogens (tertiary/aromatic N) is 2. The molecule has 1 aromatic rings. The van der Waals surface area contributed by atoms with E-state index in [1.807, 2.05) is 24.1 Å². The van der Waals surface area contributed by atoms with Crippen LogP contribution in [0.5, 0.6) is 0 Å². The number of hydrogen-bond donors (Lipinski definition) is 1. The fourth-order valence-electron chi connectivity index (χ4n) is 2.21. The first kappa shape index (κ1) is 12.1. The van der Waals surface area contributed by atoms with Crippen LogP contribution in [0, 0.1) is 0 Å². The van der Waals surface area contributed by atoms with E-state index in [4.69, 9.17) is 10.2 Å². The van der Waals surface area contributed by atoms with Crippen molar-refractivity contribution in [3.05, 3.63) is 24.2 Å². The van der Waals surface area contributed by atoms with Crippen LogP contribution in [-0.4, -0.2) is 48.4 Å². The van der Waals surface area contributed by atoms with Crippen LogP contribution in [0.4, 0.5) is 0 Å². The molecule has 2 heterocycles. The van der Waals surface area contributed by atoms with Gasteiger partial charge in [0, 0.05) is 19.6 Å². The summed E-state index contributed by atoms with van der Waals surface area (Å²) in [4.78, 5) is 15.8. The molecule has 0 spiro atoms. The van der Waals surface area contributed by atoms with Crippen LogP contribution in [0.1, 0.15) is 12.2 Å². The first-order chi connectivity index (χ1) is 8.20. The lowest BCUT2D eigenvalue weighted by Gasteiger charge is -2.38. The van der Waals surface area contributed by atoms with Gasteiger partial charge < -0.3 is 15.1 Å². The van der Waals surface area contributed by atoms with Crippen LogP contribution in [0.3, 0.4) is 0 Å². The Labute approximate surface area is 101 Å². The monoisotopic (exact) mass is 237 g/mol. The topological polar surface area (TPSA) is 62.7 Å². The number of piperazine rings is 1. The summed E-state index contributed by atoms with van der Waals surface area (Å²) in [6, 6.07) is 4.02. The van der Waals surface area contributed by atoms with E-state index in [1.54, 1.807) is 6.26 Å². The minimum Gasteiger partial charge on any atom is -0.468 e. The van der Waals surface area contributed by atoms with Gasteiger partial charge in [-0.15, -0.1) is 0 Å². The highest BCUT2D eigenvalue weighted by atomic mass is 16.3. The molecule has 0 saturated carbocycles. The highest BCUT2D eigenvalue weighted by molar-refractivity contribution is 5.79. The smallest absolute Gasteiger partial charge is 0.236 e. The van der Waals surface area contributed by atoms with Gasteiger partial charge in [0.1, 0.15) is 5.76 Å². The fraction of sp³-hybridized carbons (Fsp3) is 0.583. The molecule has 1 amide bonds. The molecule has 5 heteroatoms. The van der Waals surface area contributed by atoms with Gasteiger partial charge in [-0.3, -0.25) is 9.69 Å². The van der Waals surface area contributed by atoms with Crippen molar-refractivity contribution in [1.29, 1.82) is 0 Å². The largest absolute Gasteiger partial charge is 0.468 e. The molecule has 5 nitrogen and oxygen atoms in total. The Morgan fingerprint density at radius 2 is 2.41 bits per heavy atom. The predicted molar refractivity (Wildman–Crippen MR) is 64.2 cm³/mol. The number of nitrogens with two attached hydrogens (primary N) is 1. The van der Waals surface area contributed by atoms with Gasteiger partial charge >= 0.3 is 0 Å². The molecule has 0 aliphatic carbocycles. The molecule has 1 aromatic heterocycles. The summed E-state index contributed by atoms with van der Waals surface area (Å²) in [5.41, 5.74) is 5.57. The standard InChI is InChI=1S/C12H19N3O2/c1-14-10(4-5-13)7-15(9-12(14)16)8-11-3-2-6-17-11/h2-3,6,10H,4-5,7-9,13H2,1H3. The number of hydrogen-bond acceptors (Lipinski definition) is 4. The van der Waals surface area contributed by atoms with Crippen molar-refractivity contribution in [2.45, 2.75) is 19.0 Å². The summed E-state index contributed by atoms with van der Waals surface area (Å²) >= 11 is 0. The van der Waals surface area contributed by atoms with Gasteiger partial charge in [0.05, 0.1) is 19.4 Å². The molecular formula is C12H19N3O2. The van der Waals surface area contributed by atoms with Crippen molar-refractivity contribution in [2.24, 2.45) is 5.73 Å². The average molecular weight is 237 g/mol. The summed E-state index contributed by atoms with van der Waals surface area (Å²) in [5, 5.41) is 0. The molecule has 0 bridgehead atoms. The summed E-state index contributed by atoms with van der Waals surface area (Å²) in [7, 11) is 1.85. The zero-order valence-electron chi connectivity index (χ0n) is 10.1. The summed E-state index contributed by atoms with van der Waals surface area (Å²) in [6.45, 7) is 2.61. The van der Waals surface area contributed by atoms with Crippen LogP contribution in [0.25, 0.3) is 0 Å². The van der Waals surface area contributed by atoms with Gasteiger partial charge in [-0.2, -0.15) is 0 Å². The van der Waals surface area contributed by atoms with Crippen LogP contribution in [-0.2, 0) is 11.3 Å². The predicted octanol–water partition coefficient (Wildman–Crippen LogP) is 0.271. The number of likely N-dealkylation sites (N-methyl/N-ethyl adjacent to an activating group) is 1. The highest BCUT2D eigenvalue weighted by Gasteiger charge is 2.29. The molecule has 0 aromatic carbocycles. The number of carbonyl (C=O) groups is 1. The molecule has 94 valence electrons. The number of amides is 1. The van der Waals surface area contributed by atoms with Crippen LogP contribution >= 0.6 is 0 Å². The van der Waals surface area contributed by atoms with Gasteiger partial charge in [-0.05, 0) is 25.1 Å². The van der Waals surface area contributed by atoms with E-state index in [0.29, 0.717) is 19.6 Å². The quantitative estimate of drug-likeness (QED) is 0.816. The van der Waals surface area contributed by atoms with Crippen molar-refractivity contribution < 1.29 is 9.21 Å². The number of carbonyl (C=O) groups excluding carboxylic acids is 1. The third-order valence-corrected chi connectivity index (χ3v) is 3.23. The Balaban J connectivity index is 1.97. The third-order valence-electron chi connectivity index (χ3n) is 3.23. The van der Waals surface area contributed by atoms with E-state index in [2.05, 4.69) is 4.90 Å². The molecular weight excluding hydrogens is 218 g/mol. The molecule has 1 aliphatic rings. The second kappa shape index (κ2) is 5.33. The highest BCUT2D eigenvalue weighted by Crippen LogP contribution is 2.14. The van der Waals surface area contributed by atoms with E-state index in [1.165, 1.54) is 0 Å². The lowest BCUT2D eigenvalue weighted by Crippen LogP contribution is -2.54. The minimum absolute atomic E-state index is 0.154. The van der Waals surface area contributed by atoms with E-state index < -0.39 is 0 Å². The van der Waals surface area contributed by atoms with Gasteiger partial charge in [-0.1, -0.05) is 0 Å². The number of rotatable bonds is 4. The first-order valence-corrected chi connectivity index (χ1v) is 5.91. The van der Waals surface area contributed by atoms with Crippen LogP contribution in [0.15, 0.2) is 22.8 Å². The van der Waals surface area contributed by atoms with Gasteiger partial charge in [0.2, 0.25) is 5.91 Å². The Hall–Kier alpha value is -1.33. The van der Waals surface area contributed by atoms with Crippen LogP contribution < -0.4 is 5.73 Å². The third kappa shape index (κ3) is 2.87. The van der Waals surface area contributed by atoms with Crippen molar-refractivity contribution in [3.8, 4) is 0 Å². The fourth-order valence-corrected chi connectivity index (χ4v) is 2.21. The zero-order chi connectivity index (χ0) is 12.3. The maximum atomic E-state index is 11.8. The molecule has 1 aliphatic heterocycles. The second-order valence-electron chi connectivity index (χ2n) is 4.48. The zero-order valence-corrected chi connectivity index (χ0v) is 10.1. The van der Waals surface area contributed by atoms with E-state index in [0.717, 1.165) is 18.7 Å². The summed E-state index contributed by atoms with van der Waals surface area (Å²) in [6.07, 6.45) is 2.50. The van der Waals surface area contributed by atoms with E-state index >= 15 is 0 Å². The Bertz CT molecular complexity index is 364. The van der Waals surface area contributed by atoms with Gasteiger partial charge in [0.25, 0.3) is 0 Å². The molecule has 1 saturated heterocycles. The van der Waals surface area contributed by atoms with Crippen molar-refractivity contribution >= 4 is 5.91 Å². The summed E-state index contributed by atoms with van der Waals surface area (Å²) < 4.78 is 5.30. The maximum absolute atomic E-state index is 11.8. The van der Waals surface area contributed by atoms with Gasteiger partial charge in [0.15, 0.2) is 0 Å². The molecule has 2 N–H and O–H groups in total. The lowest BCUT2D eigenvalue weighted by molar-refractivity contribution is -0.138. The van der Waals surface area contributed by atoms with E-state index in [9.17, 15) is 4.79 Å². The normalized spacial score (nSPS) is 22.1. The molecule has 1 fully saturated rings. The second-order valence-corrected chi connectivity index (χ2v) is 4.48. The Kier molecular flexibility index (Phi) is 3.81. The first-order valence-electron chi connectivity index (χ1n) is 5.91. The Morgan fingerprint density at radius 3 is 3.06 bits per heavy atom. The molecule has 1 atom stereocenters. The number of furan rings is 1. The van der Waals surface area contributed by atoms with E-state index in [-0.39, 0.29) is 11.9 Å². The molecule has 17 heavy (non-hydrogen) atoms. The van der Waals surface area contributed by atoms with Crippen molar-refractivity contribution in [1.82, 2.24) is 9.80 Å².